The highest BCUT2D eigenvalue weighted by Gasteiger charge is 2.30. The zero-order valence-electron chi connectivity index (χ0n) is 15.0. The molecular weight excluding hydrogens is 340 g/mol. The number of nitrogens with one attached hydrogen (secondary N) is 1. The van der Waals surface area contributed by atoms with Crippen molar-refractivity contribution in [2.24, 2.45) is 0 Å². The van der Waals surface area contributed by atoms with Crippen molar-refractivity contribution in [3.05, 3.63) is 78.1 Å². The van der Waals surface area contributed by atoms with Crippen LogP contribution in [0, 0.1) is 0 Å². The number of carbonyl (C=O) groups excluding carboxylic acids is 1. The number of rotatable bonds is 6. The summed E-state index contributed by atoms with van der Waals surface area (Å²) in [6, 6.07) is 19.7. The van der Waals surface area contributed by atoms with Crippen molar-refractivity contribution < 1.29 is 9.53 Å². The second kappa shape index (κ2) is 8.14. The van der Waals surface area contributed by atoms with Gasteiger partial charge < -0.3 is 10.1 Å². The highest BCUT2D eigenvalue weighted by Crippen LogP contribution is 2.23. The van der Waals surface area contributed by atoms with Crippen molar-refractivity contribution in [3.8, 4) is 5.69 Å². The van der Waals surface area contributed by atoms with E-state index in [0.29, 0.717) is 12.3 Å². The van der Waals surface area contributed by atoms with Gasteiger partial charge in [0.2, 0.25) is 0 Å². The molecule has 1 heterocycles. The molecule has 0 saturated heterocycles. The van der Waals surface area contributed by atoms with Gasteiger partial charge in [-0.15, -0.1) is 5.10 Å². The first kappa shape index (κ1) is 17.4. The lowest BCUT2D eigenvalue weighted by atomic mass is 10.2. The molecule has 3 aromatic rings. The van der Waals surface area contributed by atoms with Gasteiger partial charge in [-0.1, -0.05) is 53.7 Å². The molecular formula is C21H22N4O2. The van der Waals surface area contributed by atoms with Crippen molar-refractivity contribution in [2.45, 2.75) is 38.0 Å². The quantitative estimate of drug-likeness (QED) is 0.731. The molecule has 1 fully saturated rings. The van der Waals surface area contributed by atoms with E-state index in [4.69, 9.17) is 4.74 Å². The van der Waals surface area contributed by atoms with E-state index in [2.05, 4.69) is 15.6 Å². The maximum absolute atomic E-state index is 12.6. The molecule has 138 valence electrons. The van der Waals surface area contributed by atoms with E-state index < -0.39 is 0 Å². The molecule has 0 spiro atoms. The Kier molecular flexibility index (Phi) is 5.25. The summed E-state index contributed by atoms with van der Waals surface area (Å²) in [5.74, 6) is -0.211. The SMILES string of the molecule is O=C(N[C@@H]1CCC[C@H]1OCc1ccccc1)c1cn(-c2ccccc2)nn1. The van der Waals surface area contributed by atoms with Crippen LogP contribution in [0.1, 0.15) is 35.3 Å². The fraction of sp³-hybridized carbons (Fsp3) is 0.286. The Labute approximate surface area is 158 Å². The summed E-state index contributed by atoms with van der Waals surface area (Å²) < 4.78 is 7.66. The Balaban J connectivity index is 1.36. The molecule has 2 aromatic carbocycles. The smallest absolute Gasteiger partial charge is 0.273 e. The maximum Gasteiger partial charge on any atom is 0.273 e. The third kappa shape index (κ3) is 4.23. The van der Waals surface area contributed by atoms with Gasteiger partial charge in [-0.25, -0.2) is 4.68 Å². The molecule has 0 radical (unpaired) electrons. The first-order valence-corrected chi connectivity index (χ1v) is 9.24. The number of carbonyl (C=O) groups is 1. The molecule has 1 aliphatic rings. The predicted molar refractivity (Wildman–Crippen MR) is 101 cm³/mol. The molecule has 1 saturated carbocycles. The summed E-state index contributed by atoms with van der Waals surface area (Å²) in [5, 5.41) is 11.1. The van der Waals surface area contributed by atoms with Crippen molar-refractivity contribution >= 4 is 5.91 Å². The average molecular weight is 362 g/mol. The highest BCUT2D eigenvalue weighted by molar-refractivity contribution is 5.92. The Morgan fingerprint density at radius 1 is 1.07 bits per heavy atom. The second-order valence-corrected chi connectivity index (χ2v) is 6.73. The minimum Gasteiger partial charge on any atom is -0.371 e. The van der Waals surface area contributed by atoms with Crippen LogP contribution >= 0.6 is 0 Å². The average Bonchev–Trinajstić information content (AvgIpc) is 3.38. The van der Waals surface area contributed by atoms with Crippen molar-refractivity contribution in [3.63, 3.8) is 0 Å². The number of ether oxygens (including phenoxy) is 1. The predicted octanol–water partition coefficient (Wildman–Crippen LogP) is 3.14. The van der Waals surface area contributed by atoms with Gasteiger partial charge in [-0.3, -0.25) is 4.79 Å². The summed E-state index contributed by atoms with van der Waals surface area (Å²) in [7, 11) is 0. The van der Waals surface area contributed by atoms with Gasteiger partial charge in [0.15, 0.2) is 5.69 Å². The first-order chi connectivity index (χ1) is 13.3. The Morgan fingerprint density at radius 2 is 1.81 bits per heavy atom. The van der Waals surface area contributed by atoms with E-state index in [1.54, 1.807) is 10.9 Å². The van der Waals surface area contributed by atoms with Crippen molar-refractivity contribution in [2.75, 3.05) is 0 Å². The number of hydrogen-bond donors (Lipinski definition) is 1. The van der Waals surface area contributed by atoms with E-state index in [1.807, 2.05) is 60.7 Å². The van der Waals surface area contributed by atoms with Gasteiger partial charge in [0, 0.05) is 0 Å². The molecule has 0 bridgehead atoms. The zero-order chi connectivity index (χ0) is 18.5. The number of benzene rings is 2. The Hall–Kier alpha value is -2.99. The largest absolute Gasteiger partial charge is 0.371 e. The summed E-state index contributed by atoms with van der Waals surface area (Å²) in [6.45, 7) is 0.558. The Bertz CT molecular complexity index is 879. The van der Waals surface area contributed by atoms with Gasteiger partial charge >= 0.3 is 0 Å². The van der Waals surface area contributed by atoms with Crippen LogP contribution in [0.2, 0.25) is 0 Å². The van der Waals surface area contributed by atoms with E-state index in [1.165, 1.54) is 0 Å². The molecule has 2 atom stereocenters. The van der Waals surface area contributed by atoms with Gasteiger partial charge in [-0.2, -0.15) is 0 Å². The molecule has 6 heteroatoms. The number of para-hydroxylation sites is 1. The maximum atomic E-state index is 12.6. The van der Waals surface area contributed by atoms with Crippen LogP contribution in [0.15, 0.2) is 66.9 Å². The third-order valence-electron chi connectivity index (χ3n) is 4.82. The van der Waals surface area contributed by atoms with Crippen LogP contribution < -0.4 is 5.32 Å². The molecule has 6 nitrogen and oxygen atoms in total. The normalized spacial score (nSPS) is 19.1. The number of hydrogen-bond acceptors (Lipinski definition) is 4. The van der Waals surface area contributed by atoms with Crippen LogP contribution in [-0.2, 0) is 11.3 Å². The van der Waals surface area contributed by atoms with Gasteiger partial charge in [0.1, 0.15) is 0 Å². The minimum absolute atomic E-state index is 0.00286. The van der Waals surface area contributed by atoms with E-state index in [9.17, 15) is 4.79 Å². The van der Waals surface area contributed by atoms with Crippen LogP contribution in [0.3, 0.4) is 0 Å². The number of nitrogens with zero attached hydrogens (tertiary/aromatic N) is 3. The van der Waals surface area contributed by atoms with Gasteiger partial charge in [0.05, 0.1) is 30.6 Å². The van der Waals surface area contributed by atoms with Crippen LogP contribution in [0.5, 0.6) is 0 Å². The lowest BCUT2D eigenvalue weighted by Crippen LogP contribution is -2.41. The lowest BCUT2D eigenvalue weighted by Gasteiger charge is -2.21. The van der Waals surface area contributed by atoms with Crippen LogP contribution in [-0.4, -0.2) is 33.0 Å². The molecule has 4 rings (SSSR count). The van der Waals surface area contributed by atoms with Gasteiger partial charge in [0.25, 0.3) is 5.91 Å². The zero-order valence-corrected chi connectivity index (χ0v) is 15.0. The molecule has 1 amide bonds. The molecule has 27 heavy (non-hydrogen) atoms. The summed E-state index contributed by atoms with van der Waals surface area (Å²) >= 11 is 0. The summed E-state index contributed by atoms with van der Waals surface area (Å²) in [6.07, 6.45) is 4.59. The minimum atomic E-state index is -0.211. The molecule has 0 aliphatic heterocycles. The fourth-order valence-electron chi connectivity index (χ4n) is 3.39. The topological polar surface area (TPSA) is 69.0 Å². The first-order valence-electron chi connectivity index (χ1n) is 9.24. The standard InChI is InChI=1S/C21H22N4O2/c26-21(19-14-25(24-23-19)17-10-5-2-6-11-17)22-18-12-7-13-20(18)27-15-16-8-3-1-4-9-16/h1-6,8-11,14,18,20H,7,12-13,15H2,(H,22,26)/t18-,20-/m1/s1. The Morgan fingerprint density at radius 3 is 2.59 bits per heavy atom. The highest BCUT2D eigenvalue weighted by atomic mass is 16.5. The van der Waals surface area contributed by atoms with E-state index >= 15 is 0 Å². The van der Waals surface area contributed by atoms with Crippen LogP contribution in [0.25, 0.3) is 5.69 Å². The monoisotopic (exact) mass is 362 g/mol. The lowest BCUT2D eigenvalue weighted by molar-refractivity contribution is 0.0271. The van der Waals surface area contributed by atoms with E-state index in [0.717, 1.165) is 30.5 Å². The number of aromatic nitrogens is 3. The van der Waals surface area contributed by atoms with Gasteiger partial charge in [-0.05, 0) is 37.0 Å². The third-order valence-corrected chi connectivity index (χ3v) is 4.82. The summed E-state index contributed by atoms with van der Waals surface area (Å²) in [4.78, 5) is 12.6. The molecule has 1 aromatic heterocycles. The number of amides is 1. The molecule has 1 aliphatic carbocycles. The van der Waals surface area contributed by atoms with E-state index in [-0.39, 0.29) is 18.1 Å². The van der Waals surface area contributed by atoms with Crippen LogP contribution in [0.4, 0.5) is 0 Å². The summed E-state index contributed by atoms with van der Waals surface area (Å²) in [5.41, 5.74) is 2.32. The van der Waals surface area contributed by atoms with Crippen molar-refractivity contribution in [1.29, 1.82) is 0 Å². The van der Waals surface area contributed by atoms with Crippen molar-refractivity contribution in [1.82, 2.24) is 20.3 Å². The molecule has 1 N–H and O–H groups in total. The molecule has 0 unspecified atom stereocenters. The fourth-order valence-corrected chi connectivity index (χ4v) is 3.39. The second-order valence-electron chi connectivity index (χ2n) is 6.73.